The van der Waals surface area contributed by atoms with Gasteiger partial charge in [0.2, 0.25) is 0 Å². The number of pyridine rings is 1. The summed E-state index contributed by atoms with van der Waals surface area (Å²) >= 11 is 10.7. The van der Waals surface area contributed by atoms with Crippen molar-refractivity contribution in [2.24, 2.45) is 4.99 Å². The van der Waals surface area contributed by atoms with Gasteiger partial charge in [-0.05, 0) is 18.6 Å². The number of nitrogens with zero attached hydrogens (tertiary/aromatic N) is 4. The van der Waals surface area contributed by atoms with E-state index in [0.29, 0.717) is 17.4 Å². The maximum absolute atomic E-state index is 6.02. The molecule has 0 saturated heterocycles. The highest BCUT2D eigenvalue weighted by molar-refractivity contribution is 7.80. The van der Waals surface area contributed by atoms with Crippen LogP contribution < -0.4 is 0 Å². The van der Waals surface area contributed by atoms with Crippen molar-refractivity contribution < 1.29 is 0 Å². The van der Waals surface area contributed by atoms with Crippen LogP contribution in [-0.4, -0.2) is 26.3 Å². The van der Waals surface area contributed by atoms with Gasteiger partial charge in [-0.2, -0.15) is 5.10 Å². The van der Waals surface area contributed by atoms with E-state index in [0.717, 1.165) is 11.3 Å². The third kappa shape index (κ3) is 3.21. The summed E-state index contributed by atoms with van der Waals surface area (Å²) in [6.07, 6.45) is 5.18. The minimum Gasteiger partial charge on any atom is -0.266 e. The molecule has 0 aliphatic rings. The van der Waals surface area contributed by atoms with Crippen LogP contribution in [0.3, 0.4) is 0 Å². The fraction of sp³-hybridized carbons (Fsp3) is 0.167. The summed E-state index contributed by atoms with van der Waals surface area (Å²) in [5.41, 5.74) is 1.83. The lowest BCUT2D eigenvalue weighted by Crippen LogP contribution is -2.01. The average molecular weight is 279 g/mol. The molecule has 0 aliphatic carbocycles. The van der Waals surface area contributed by atoms with Crippen molar-refractivity contribution in [1.29, 1.82) is 0 Å². The van der Waals surface area contributed by atoms with E-state index in [1.807, 2.05) is 25.3 Å². The minimum absolute atomic E-state index is 0.611. The number of halogens is 1. The SMILES string of the molecule is Cc1ncc(Cn2ccc(N=CC=S)n2)cc1Cl. The van der Waals surface area contributed by atoms with Gasteiger partial charge >= 0.3 is 0 Å². The molecular weight excluding hydrogens is 268 g/mol. The van der Waals surface area contributed by atoms with Crippen LogP contribution in [0.15, 0.2) is 29.5 Å². The minimum atomic E-state index is 0.611. The van der Waals surface area contributed by atoms with Crippen LogP contribution >= 0.6 is 23.8 Å². The van der Waals surface area contributed by atoms with E-state index in [-0.39, 0.29) is 0 Å². The molecule has 18 heavy (non-hydrogen) atoms. The van der Waals surface area contributed by atoms with Crippen molar-refractivity contribution in [1.82, 2.24) is 14.8 Å². The quantitative estimate of drug-likeness (QED) is 0.638. The highest BCUT2D eigenvalue weighted by atomic mass is 35.5. The van der Waals surface area contributed by atoms with Gasteiger partial charge in [-0.1, -0.05) is 23.8 Å². The van der Waals surface area contributed by atoms with Crippen molar-refractivity contribution in [2.45, 2.75) is 13.5 Å². The molecule has 2 aromatic rings. The first-order chi connectivity index (χ1) is 8.69. The third-order valence-corrected chi connectivity index (χ3v) is 2.82. The number of rotatable bonds is 4. The van der Waals surface area contributed by atoms with Gasteiger partial charge in [0.15, 0.2) is 5.82 Å². The highest BCUT2D eigenvalue weighted by Gasteiger charge is 2.02. The third-order valence-electron chi connectivity index (χ3n) is 2.32. The molecule has 0 unspecified atom stereocenters. The Balaban J connectivity index is 2.13. The van der Waals surface area contributed by atoms with Crippen LogP contribution in [0.5, 0.6) is 0 Å². The molecule has 0 radical (unpaired) electrons. The lowest BCUT2D eigenvalue weighted by Gasteiger charge is -2.03. The first-order valence-corrected chi connectivity index (χ1v) is 6.16. The Morgan fingerprint density at radius 2 is 2.39 bits per heavy atom. The van der Waals surface area contributed by atoms with Crippen molar-refractivity contribution in [3.05, 3.63) is 40.8 Å². The van der Waals surface area contributed by atoms with E-state index in [2.05, 4.69) is 27.3 Å². The maximum atomic E-state index is 6.02. The van der Waals surface area contributed by atoms with Crippen molar-refractivity contribution in [2.75, 3.05) is 0 Å². The Bertz CT molecular complexity index is 592. The molecular formula is C12H11ClN4S. The molecule has 0 aromatic carbocycles. The van der Waals surface area contributed by atoms with Crippen LogP contribution in [0, 0.1) is 6.92 Å². The Morgan fingerprint density at radius 3 is 3.11 bits per heavy atom. The first kappa shape index (κ1) is 12.9. The molecule has 0 aliphatic heterocycles. The topological polar surface area (TPSA) is 43.1 Å². The van der Waals surface area contributed by atoms with E-state index in [9.17, 15) is 0 Å². The number of thiocarbonyl (C=S) groups is 1. The van der Waals surface area contributed by atoms with Crippen LogP contribution in [0.25, 0.3) is 0 Å². The number of aryl methyl sites for hydroxylation is 1. The average Bonchev–Trinajstić information content (AvgIpc) is 2.79. The Hall–Kier alpha value is -1.59. The maximum Gasteiger partial charge on any atom is 0.173 e. The predicted molar refractivity (Wildman–Crippen MR) is 77.1 cm³/mol. The second-order valence-electron chi connectivity index (χ2n) is 3.70. The van der Waals surface area contributed by atoms with Gasteiger partial charge in [0.25, 0.3) is 0 Å². The number of hydrogen-bond acceptors (Lipinski definition) is 4. The van der Waals surface area contributed by atoms with Gasteiger partial charge in [-0.25, -0.2) is 4.99 Å². The standard InChI is InChI=1S/C12H11ClN4S/c1-9-11(13)6-10(7-15-9)8-17-4-2-12(16-17)14-3-5-18/h2-7H,8H2,1H3. The zero-order valence-electron chi connectivity index (χ0n) is 9.75. The van der Waals surface area contributed by atoms with Crippen molar-refractivity contribution in [3.8, 4) is 0 Å². The van der Waals surface area contributed by atoms with E-state index in [4.69, 9.17) is 11.6 Å². The lowest BCUT2D eigenvalue weighted by molar-refractivity contribution is 0.686. The monoisotopic (exact) mass is 278 g/mol. The molecule has 0 fully saturated rings. The molecule has 0 spiro atoms. The Labute approximate surface area is 115 Å². The van der Waals surface area contributed by atoms with Gasteiger partial charge in [-0.3, -0.25) is 9.67 Å². The summed E-state index contributed by atoms with van der Waals surface area (Å²) in [5, 5.41) is 6.39. The molecule has 92 valence electrons. The van der Waals surface area contributed by atoms with E-state index in [1.165, 1.54) is 11.6 Å². The summed E-state index contributed by atoms with van der Waals surface area (Å²) in [6, 6.07) is 3.71. The van der Waals surface area contributed by atoms with E-state index in [1.54, 1.807) is 10.9 Å². The van der Waals surface area contributed by atoms with Crippen molar-refractivity contribution in [3.63, 3.8) is 0 Å². The smallest absolute Gasteiger partial charge is 0.173 e. The summed E-state index contributed by atoms with van der Waals surface area (Å²) in [4.78, 5) is 8.27. The van der Waals surface area contributed by atoms with Gasteiger partial charge in [-0.15, -0.1) is 0 Å². The van der Waals surface area contributed by atoms with Crippen LogP contribution in [-0.2, 0) is 6.54 Å². The number of aromatic nitrogens is 3. The fourth-order valence-electron chi connectivity index (χ4n) is 1.43. The van der Waals surface area contributed by atoms with E-state index < -0.39 is 0 Å². The number of hydrogen-bond donors (Lipinski definition) is 0. The molecule has 2 heterocycles. The summed E-state index contributed by atoms with van der Waals surface area (Å²) in [7, 11) is 0. The zero-order chi connectivity index (χ0) is 13.0. The second-order valence-corrected chi connectivity index (χ2v) is 4.38. The molecule has 6 heteroatoms. The summed E-state index contributed by atoms with van der Waals surface area (Å²) < 4.78 is 1.78. The molecule has 0 bridgehead atoms. The first-order valence-electron chi connectivity index (χ1n) is 5.31. The number of aliphatic imine (C=N–C) groups is 1. The summed E-state index contributed by atoms with van der Waals surface area (Å²) in [6.45, 7) is 2.48. The molecule has 4 nitrogen and oxygen atoms in total. The highest BCUT2D eigenvalue weighted by Crippen LogP contribution is 2.15. The molecule has 2 rings (SSSR count). The second kappa shape index (κ2) is 5.84. The van der Waals surface area contributed by atoms with Gasteiger partial charge in [0, 0.05) is 30.0 Å². The molecule has 0 saturated carbocycles. The molecule has 2 aromatic heterocycles. The summed E-state index contributed by atoms with van der Waals surface area (Å²) in [5.74, 6) is 0.627. The largest absolute Gasteiger partial charge is 0.266 e. The molecule has 0 amide bonds. The molecule has 0 atom stereocenters. The van der Waals surface area contributed by atoms with Crippen molar-refractivity contribution >= 4 is 41.2 Å². The Kier molecular flexibility index (Phi) is 4.17. The van der Waals surface area contributed by atoms with Gasteiger partial charge < -0.3 is 0 Å². The van der Waals surface area contributed by atoms with Crippen LogP contribution in [0.4, 0.5) is 5.82 Å². The van der Waals surface area contributed by atoms with Crippen LogP contribution in [0.1, 0.15) is 11.3 Å². The van der Waals surface area contributed by atoms with Crippen LogP contribution in [0.2, 0.25) is 5.02 Å². The molecule has 0 N–H and O–H groups in total. The van der Waals surface area contributed by atoms with Gasteiger partial charge in [0.05, 0.1) is 17.3 Å². The predicted octanol–water partition coefficient (Wildman–Crippen LogP) is 2.99. The normalized spacial score (nSPS) is 11.0. The fourth-order valence-corrected chi connectivity index (χ4v) is 1.68. The Morgan fingerprint density at radius 1 is 1.56 bits per heavy atom. The zero-order valence-corrected chi connectivity index (χ0v) is 11.3. The lowest BCUT2D eigenvalue weighted by atomic mass is 10.2. The van der Waals surface area contributed by atoms with E-state index >= 15 is 0 Å². The van der Waals surface area contributed by atoms with Gasteiger partial charge in [0.1, 0.15) is 0 Å².